The van der Waals surface area contributed by atoms with Crippen LogP contribution in [0.15, 0.2) is 28.7 Å². The van der Waals surface area contributed by atoms with Gasteiger partial charge in [0.2, 0.25) is 5.91 Å². The second kappa shape index (κ2) is 7.27. The Bertz CT molecular complexity index is 604. The van der Waals surface area contributed by atoms with E-state index < -0.39 is 0 Å². The van der Waals surface area contributed by atoms with Crippen LogP contribution in [0, 0.1) is 6.92 Å². The van der Waals surface area contributed by atoms with Crippen LogP contribution in [0.25, 0.3) is 11.0 Å². The number of rotatable bonds is 7. The highest BCUT2D eigenvalue weighted by Crippen LogP contribution is 2.28. The van der Waals surface area contributed by atoms with Crippen molar-refractivity contribution in [2.45, 2.75) is 39.7 Å². The summed E-state index contributed by atoms with van der Waals surface area (Å²) >= 11 is 0. The lowest BCUT2D eigenvalue weighted by molar-refractivity contribution is -0.121. The number of carbonyl (C=O) groups is 1. The number of furan rings is 1. The van der Waals surface area contributed by atoms with Gasteiger partial charge in [-0.3, -0.25) is 4.79 Å². The minimum Gasteiger partial charge on any atom is -0.459 e. The second-order valence-electron chi connectivity index (χ2n) is 5.36. The number of para-hydroxylation sites is 1. The predicted octanol–water partition coefficient (Wildman–Crippen LogP) is 3.31. The minimum absolute atomic E-state index is 0.0939. The van der Waals surface area contributed by atoms with Crippen molar-refractivity contribution >= 4 is 16.9 Å². The summed E-state index contributed by atoms with van der Waals surface area (Å²) in [5, 5.41) is 7.38. The number of amides is 1. The highest BCUT2D eigenvalue weighted by atomic mass is 16.3. The first-order valence-electron chi connectivity index (χ1n) is 7.61. The Labute approximate surface area is 125 Å². The molecule has 0 aliphatic carbocycles. The Morgan fingerprint density at radius 1 is 1.29 bits per heavy atom. The van der Waals surface area contributed by atoms with Gasteiger partial charge in [0.15, 0.2) is 0 Å². The summed E-state index contributed by atoms with van der Waals surface area (Å²) in [6, 6.07) is 8.14. The molecular weight excluding hydrogens is 264 g/mol. The molecule has 4 heteroatoms. The Morgan fingerprint density at radius 2 is 2.05 bits per heavy atom. The summed E-state index contributed by atoms with van der Waals surface area (Å²) < 4.78 is 5.92. The standard InChI is InChI=1S/C17H24N2O2/c1-4-10-19-16(20)9-11-18-13(3)17-12(2)14-7-5-6-8-15(14)21-17/h5-8,13,18H,4,9-11H2,1-3H3,(H,19,20). The van der Waals surface area contributed by atoms with Crippen LogP contribution in [0.2, 0.25) is 0 Å². The summed E-state index contributed by atoms with van der Waals surface area (Å²) in [5.74, 6) is 1.04. The smallest absolute Gasteiger partial charge is 0.221 e. The number of nitrogens with one attached hydrogen (secondary N) is 2. The second-order valence-corrected chi connectivity index (χ2v) is 5.36. The molecule has 0 bridgehead atoms. The first-order valence-corrected chi connectivity index (χ1v) is 7.61. The molecular formula is C17H24N2O2. The molecule has 0 aliphatic heterocycles. The van der Waals surface area contributed by atoms with Crippen molar-refractivity contribution in [1.29, 1.82) is 0 Å². The Hall–Kier alpha value is -1.81. The Balaban J connectivity index is 1.92. The van der Waals surface area contributed by atoms with E-state index in [4.69, 9.17) is 4.42 Å². The van der Waals surface area contributed by atoms with Crippen LogP contribution in [-0.2, 0) is 4.79 Å². The summed E-state index contributed by atoms with van der Waals surface area (Å²) in [7, 11) is 0. The van der Waals surface area contributed by atoms with Gasteiger partial charge in [0.1, 0.15) is 11.3 Å². The van der Waals surface area contributed by atoms with Gasteiger partial charge < -0.3 is 15.1 Å². The molecule has 1 atom stereocenters. The van der Waals surface area contributed by atoms with Crippen LogP contribution in [0.4, 0.5) is 0 Å². The van der Waals surface area contributed by atoms with Crippen molar-refractivity contribution in [1.82, 2.24) is 10.6 Å². The van der Waals surface area contributed by atoms with E-state index in [0.717, 1.165) is 29.7 Å². The predicted molar refractivity (Wildman–Crippen MR) is 85.3 cm³/mol. The molecule has 2 N–H and O–H groups in total. The fraction of sp³-hybridized carbons (Fsp3) is 0.471. The van der Waals surface area contributed by atoms with Crippen molar-refractivity contribution in [2.24, 2.45) is 0 Å². The van der Waals surface area contributed by atoms with Crippen LogP contribution >= 0.6 is 0 Å². The van der Waals surface area contributed by atoms with Crippen molar-refractivity contribution in [3.8, 4) is 0 Å². The van der Waals surface area contributed by atoms with Crippen LogP contribution in [-0.4, -0.2) is 19.0 Å². The topological polar surface area (TPSA) is 54.3 Å². The van der Waals surface area contributed by atoms with E-state index in [1.807, 2.05) is 25.1 Å². The van der Waals surface area contributed by atoms with Crippen molar-refractivity contribution in [3.63, 3.8) is 0 Å². The van der Waals surface area contributed by atoms with Gasteiger partial charge in [-0.25, -0.2) is 0 Å². The third-order valence-electron chi connectivity index (χ3n) is 3.65. The van der Waals surface area contributed by atoms with Crippen molar-refractivity contribution in [3.05, 3.63) is 35.6 Å². The highest BCUT2D eigenvalue weighted by Gasteiger charge is 2.16. The van der Waals surface area contributed by atoms with Crippen molar-refractivity contribution in [2.75, 3.05) is 13.1 Å². The average Bonchev–Trinajstić information content (AvgIpc) is 2.83. The Morgan fingerprint density at radius 3 is 2.76 bits per heavy atom. The maximum atomic E-state index is 11.6. The zero-order valence-corrected chi connectivity index (χ0v) is 13.0. The van der Waals surface area contributed by atoms with Crippen LogP contribution in [0.1, 0.15) is 44.1 Å². The first kappa shape index (κ1) is 15.6. The van der Waals surface area contributed by atoms with E-state index in [1.165, 1.54) is 5.56 Å². The Kier molecular flexibility index (Phi) is 5.39. The molecule has 1 amide bonds. The van der Waals surface area contributed by atoms with Gasteiger partial charge in [-0.1, -0.05) is 25.1 Å². The van der Waals surface area contributed by atoms with Crippen LogP contribution in [0.5, 0.6) is 0 Å². The number of carbonyl (C=O) groups excluding carboxylic acids is 1. The van der Waals surface area contributed by atoms with E-state index in [-0.39, 0.29) is 11.9 Å². The number of hydrogen-bond acceptors (Lipinski definition) is 3. The molecule has 1 heterocycles. The minimum atomic E-state index is 0.0939. The summed E-state index contributed by atoms with van der Waals surface area (Å²) in [6.45, 7) is 7.58. The monoisotopic (exact) mass is 288 g/mol. The first-order chi connectivity index (χ1) is 10.1. The highest BCUT2D eigenvalue weighted by molar-refractivity contribution is 5.82. The van der Waals surface area contributed by atoms with Gasteiger partial charge >= 0.3 is 0 Å². The lowest BCUT2D eigenvalue weighted by Gasteiger charge is -2.12. The quantitative estimate of drug-likeness (QED) is 0.822. The van der Waals surface area contributed by atoms with E-state index >= 15 is 0 Å². The van der Waals surface area contributed by atoms with E-state index in [9.17, 15) is 4.79 Å². The molecule has 1 unspecified atom stereocenters. The van der Waals surface area contributed by atoms with E-state index in [1.54, 1.807) is 0 Å². The molecule has 0 spiro atoms. The van der Waals surface area contributed by atoms with Gasteiger partial charge in [0, 0.05) is 24.9 Å². The molecule has 114 valence electrons. The molecule has 4 nitrogen and oxygen atoms in total. The summed E-state index contributed by atoms with van der Waals surface area (Å²) in [6.07, 6.45) is 1.46. The molecule has 0 aliphatic rings. The normalized spacial score (nSPS) is 12.5. The molecule has 0 radical (unpaired) electrons. The van der Waals surface area contributed by atoms with E-state index in [0.29, 0.717) is 13.0 Å². The SMILES string of the molecule is CCCNC(=O)CCNC(C)c1oc2ccccc2c1C. The molecule has 0 fully saturated rings. The van der Waals surface area contributed by atoms with Crippen LogP contribution in [0.3, 0.4) is 0 Å². The lowest BCUT2D eigenvalue weighted by atomic mass is 10.1. The maximum absolute atomic E-state index is 11.6. The van der Waals surface area contributed by atoms with Crippen molar-refractivity contribution < 1.29 is 9.21 Å². The van der Waals surface area contributed by atoms with Gasteiger partial charge in [0.25, 0.3) is 0 Å². The fourth-order valence-electron chi connectivity index (χ4n) is 2.45. The third-order valence-corrected chi connectivity index (χ3v) is 3.65. The van der Waals surface area contributed by atoms with Crippen LogP contribution < -0.4 is 10.6 Å². The number of fused-ring (bicyclic) bond motifs is 1. The maximum Gasteiger partial charge on any atom is 0.221 e. The molecule has 0 saturated carbocycles. The van der Waals surface area contributed by atoms with Gasteiger partial charge in [-0.2, -0.15) is 0 Å². The van der Waals surface area contributed by atoms with Gasteiger partial charge in [0.05, 0.1) is 6.04 Å². The zero-order valence-electron chi connectivity index (χ0n) is 13.0. The molecule has 0 saturated heterocycles. The molecule has 2 rings (SSSR count). The van der Waals surface area contributed by atoms with E-state index in [2.05, 4.69) is 30.5 Å². The largest absolute Gasteiger partial charge is 0.459 e. The number of hydrogen-bond donors (Lipinski definition) is 2. The lowest BCUT2D eigenvalue weighted by Crippen LogP contribution is -2.29. The molecule has 21 heavy (non-hydrogen) atoms. The van der Waals surface area contributed by atoms with Gasteiger partial charge in [-0.05, 0) is 31.9 Å². The molecule has 2 aromatic rings. The third kappa shape index (κ3) is 3.85. The molecule has 1 aromatic heterocycles. The zero-order chi connectivity index (χ0) is 15.2. The summed E-state index contributed by atoms with van der Waals surface area (Å²) in [4.78, 5) is 11.6. The number of aryl methyl sites for hydroxylation is 1. The van der Waals surface area contributed by atoms with Gasteiger partial charge in [-0.15, -0.1) is 0 Å². The number of benzene rings is 1. The fourth-order valence-corrected chi connectivity index (χ4v) is 2.45. The molecule has 1 aromatic carbocycles. The average molecular weight is 288 g/mol. The summed E-state index contributed by atoms with van der Waals surface area (Å²) in [5.41, 5.74) is 2.08.